The van der Waals surface area contributed by atoms with Crippen LogP contribution in [0.2, 0.25) is 0 Å². The number of carboxylic acids is 1. The second kappa shape index (κ2) is 15.4. The molecule has 0 aliphatic rings. The molecule has 19 heavy (non-hydrogen) atoms. The fraction of sp³-hybridized carbons (Fsp3) is 0.933. The molecule has 0 amide bonds. The third-order valence-corrected chi connectivity index (χ3v) is 3.06. The molecule has 4 nitrogen and oxygen atoms in total. The molecule has 0 aliphatic heterocycles. The number of hydrogen-bond acceptors (Lipinski definition) is 3. The Kier molecular flexibility index (Phi) is 15.0. The monoisotopic (exact) mass is 273 g/mol. The van der Waals surface area contributed by atoms with Crippen molar-refractivity contribution in [2.45, 2.75) is 64.7 Å². The summed E-state index contributed by atoms with van der Waals surface area (Å²) in [5, 5.41) is 11.3. The molecule has 0 bridgehead atoms. The Bertz CT molecular complexity index is 198. The average molecular weight is 273 g/mol. The van der Waals surface area contributed by atoms with Crippen molar-refractivity contribution in [1.29, 1.82) is 0 Å². The van der Waals surface area contributed by atoms with Gasteiger partial charge in [0, 0.05) is 13.2 Å². The minimum atomic E-state index is -0.796. The lowest BCUT2D eigenvalue weighted by Crippen LogP contribution is -2.23. The number of carbonyl (C=O) groups is 1. The van der Waals surface area contributed by atoms with Crippen molar-refractivity contribution < 1.29 is 14.6 Å². The lowest BCUT2D eigenvalue weighted by Gasteiger charge is -2.05. The zero-order chi connectivity index (χ0) is 14.2. The number of carboxylic acid groups (broad SMARTS) is 1. The Hall–Kier alpha value is -0.610. The lowest BCUT2D eigenvalue weighted by atomic mass is 10.1. The van der Waals surface area contributed by atoms with E-state index in [-0.39, 0.29) is 6.54 Å². The molecule has 2 N–H and O–H groups in total. The zero-order valence-corrected chi connectivity index (χ0v) is 12.5. The van der Waals surface area contributed by atoms with E-state index in [1.54, 1.807) is 0 Å². The summed E-state index contributed by atoms with van der Waals surface area (Å²) in [6.07, 6.45) is 11.2. The van der Waals surface area contributed by atoms with Crippen molar-refractivity contribution in [2.75, 3.05) is 26.3 Å². The molecule has 114 valence electrons. The van der Waals surface area contributed by atoms with E-state index in [9.17, 15) is 4.79 Å². The fourth-order valence-electron chi connectivity index (χ4n) is 1.91. The van der Waals surface area contributed by atoms with Gasteiger partial charge in [0.05, 0.1) is 6.54 Å². The van der Waals surface area contributed by atoms with Gasteiger partial charge in [-0.25, -0.2) is 0 Å². The number of nitrogens with one attached hydrogen (secondary N) is 1. The molecule has 0 aliphatic carbocycles. The summed E-state index contributed by atoms with van der Waals surface area (Å²) in [5.41, 5.74) is 0. The Morgan fingerprint density at radius 1 is 0.947 bits per heavy atom. The first-order valence-corrected chi connectivity index (χ1v) is 7.77. The quantitative estimate of drug-likeness (QED) is 0.450. The molecule has 0 fully saturated rings. The van der Waals surface area contributed by atoms with Crippen molar-refractivity contribution in [2.24, 2.45) is 0 Å². The van der Waals surface area contributed by atoms with E-state index in [1.807, 2.05) is 0 Å². The van der Waals surface area contributed by atoms with Gasteiger partial charge in [-0.1, -0.05) is 45.4 Å². The van der Waals surface area contributed by atoms with Crippen LogP contribution in [0, 0.1) is 0 Å². The Morgan fingerprint density at radius 3 is 2.16 bits per heavy atom. The molecule has 0 spiro atoms. The highest BCUT2D eigenvalue weighted by atomic mass is 16.5. The molecular weight excluding hydrogens is 242 g/mol. The van der Waals surface area contributed by atoms with E-state index in [1.165, 1.54) is 44.9 Å². The zero-order valence-electron chi connectivity index (χ0n) is 12.5. The van der Waals surface area contributed by atoms with E-state index in [0.717, 1.165) is 32.6 Å². The normalized spacial score (nSPS) is 10.8. The van der Waals surface area contributed by atoms with Crippen LogP contribution < -0.4 is 5.32 Å². The third-order valence-electron chi connectivity index (χ3n) is 3.06. The second-order valence-corrected chi connectivity index (χ2v) is 5.01. The van der Waals surface area contributed by atoms with Crippen LogP contribution in [0.1, 0.15) is 64.7 Å². The molecule has 0 aromatic carbocycles. The smallest absolute Gasteiger partial charge is 0.317 e. The molecule has 0 radical (unpaired) electrons. The van der Waals surface area contributed by atoms with Gasteiger partial charge < -0.3 is 15.2 Å². The van der Waals surface area contributed by atoms with E-state index in [2.05, 4.69) is 12.2 Å². The van der Waals surface area contributed by atoms with E-state index in [0.29, 0.717) is 0 Å². The summed E-state index contributed by atoms with van der Waals surface area (Å²) in [6, 6.07) is 0. The fourth-order valence-corrected chi connectivity index (χ4v) is 1.91. The Morgan fingerprint density at radius 2 is 1.53 bits per heavy atom. The summed E-state index contributed by atoms with van der Waals surface area (Å²) in [4.78, 5) is 10.2. The van der Waals surface area contributed by atoms with Gasteiger partial charge in [0.15, 0.2) is 0 Å². The Labute approximate surface area is 117 Å². The van der Waals surface area contributed by atoms with Gasteiger partial charge in [0.2, 0.25) is 0 Å². The standard InChI is InChI=1S/C15H31NO3/c1-2-3-4-5-6-7-9-12-19-13-10-8-11-16-14-15(17)18/h16H,2-14H2,1H3,(H,17,18). The van der Waals surface area contributed by atoms with Crippen molar-refractivity contribution in [3.8, 4) is 0 Å². The van der Waals surface area contributed by atoms with Crippen LogP contribution in [0.15, 0.2) is 0 Å². The van der Waals surface area contributed by atoms with E-state index in [4.69, 9.17) is 9.84 Å². The predicted octanol–water partition coefficient (Wildman–Crippen LogP) is 3.21. The summed E-state index contributed by atoms with van der Waals surface area (Å²) < 4.78 is 5.54. The molecule has 0 saturated carbocycles. The van der Waals surface area contributed by atoms with Crippen LogP contribution in [0.5, 0.6) is 0 Å². The highest BCUT2D eigenvalue weighted by Crippen LogP contribution is 2.06. The summed E-state index contributed by atoms with van der Waals surface area (Å²) in [7, 11) is 0. The van der Waals surface area contributed by atoms with Gasteiger partial charge in [-0.15, -0.1) is 0 Å². The highest BCUT2D eigenvalue weighted by Gasteiger charge is 1.95. The van der Waals surface area contributed by atoms with Crippen LogP contribution in [0.3, 0.4) is 0 Å². The molecule has 0 heterocycles. The van der Waals surface area contributed by atoms with Crippen LogP contribution in [0.4, 0.5) is 0 Å². The number of aliphatic carboxylic acids is 1. The molecular formula is C15H31NO3. The first kappa shape index (κ1) is 18.4. The first-order valence-electron chi connectivity index (χ1n) is 7.77. The maximum atomic E-state index is 10.2. The average Bonchev–Trinajstić information content (AvgIpc) is 2.39. The van der Waals surface area contributed by atoms with Crippen molar-refractivity contribution in [3.63, 3.8) is 0 Å². The number of rotatable bonds is 15. The minimum Gasteiger partial charge on any atom is -0.480 e. The largest absolute Gasteiger partial charge is 0.480 e. The highest BCUT2D eigenvalue weighted by molar-refractivity contribution is 5.68. The van der Waals surface area contributed by atoms with Gasteiger partial charge in [-0.05, 0) is 25.8 Å². The molecule has 0 unspecified atom stereocenters. The van der Waals surface area contributed by atoms with Crippen molar-refractivity contribution >= 4 is 5.97 Å². The summed E-state index contributed by atoms with van der Waals surface area (Å²) >= 11 is 0. The van der Waals surface area contributed by atoms with Crippen molar-refractivity contribution in [3.05, 3.63) is 0 Å². The number of hydrogen-bond donors (Lipinski definition) is 2. The molecule has 0 aromatic rings. The first-order chi connectivity index (χ1) is 9.27. The van der Waals surface area contributed by atoms with E-state index >= 15 is 0 Å². The summed E-state index contributed by atoms with van der Waals surface area (Å²) in [6.45, 7) is 4.72. The SMILES string of the molecule is CCCCCCCCCOCCCCNCC(=O)O. The van der Waals surface area contributed by atoms with Crippen LogP contribution in [-0.4, -0.2) is 37.4 Å². The molecule has 0 atom stereocenters. The molecule has 0 aromatic heterocycles. The van der Waals surface area contributed by atoms with Gasteiger partial charge in [0.1, 0.15) is 0 Å². The van der Waals surface area contributed by atoms with Crippen molar-refractivity contribution in [1.82, 2.24) is 5.32 Å². The van der Waals surface area contributed by atoms with Crippen LogP contribution in [0.25, 0.3) is 0 Å². The number of ether oxygens (including phenoxy) is 1. The summed E-state index contributed by atoms with van der Waals surface area (Å²) in [5.74, 6) is -0.796. The molecule has 0 saturated heterocycles. The third kappa shape index (κ3) is 17.4. The molecule has 0 rings (SSSR count). The van der Waals surface area contributed by atoms with Crippen LogP contribution >= 0.6 is 0 Å². The molecule has 4 heteroatoms. The predicted molar refractivity (Wildman–Crippen MR) is 78.6 cm³/mol. The maximum absolute atomic E-state index is 10.2. The lowest BCUT2D eigenvalue weighted by molar-refractivity contribution is -0.135. The van der Waals surface area contributed by atoms with Gasteiger partial charge in [-0.2, -0.15) is 0 Å². The van der Waals surface area contributed by atoms with E-state index < -0.39 is 5.97 Å². The Balaban J connectivity index is 2.93. The second-order valence-electron chi connectivity index (χ2n) is 5.01. The van der Waals surface area contributed by atoms with Gasteiger partial charge >= 0.3 is 5.97 Å². The van der Waals surface area contributed by atoms with Gasteiger partial charge in [-0.3, -0.25) is 4.79 Å². The topological polar surface area (TPSA) is 58.6 Å². The maximum Gasteiger partial charge on any atom is 0.317 e. The number of unbranched alkanes of at least 4 members (excludes halogenated alkanes) is 7. The van der Waals surface area contributed by atoms with Crippen LogP contribution in [-0.2, 0) is 9.53 Å². The minimum absolute atomic E-state index is 0.0545. The van der Waals surface area contributed by atoms with Gasteiger partial charge in [0.25, 0.3) is 0 Å².